The van der Waals surface area contributed by atoms with Crippen LogP contribution in [0.5, 0.6) is 0 Å². The number of carbonyl (C=O) groups is 1. The molecule has 27 heavy (non-hydrogen) atoms. The number of benzene rings is 2. The molecule has 1 aromatic heterocycles. The quantitative estimate of drug-likeness (QED) is 0.559. The van der Waals surface area contributed by atoms with Gasteiger partial charge in [-0.05, 0) is 12.1 Å². The Labute approximate surface area is 159 Å². The first-order chi connectivity index (χ1) is 13.3. The number of imidazole rings is 1. The van der Waals surface area contributed by atoms with Crippen molar-refractivity contribution in [2.75, 3.05) is 31.1 Å². The zero-order chi connectivity index (χ0) is 18.5. The minimum absolute atomic E-state index is 0.0600. The van der Waals surface area contributed by atoms with Gasteiger partial charge in [-0.3, -0.25) is 4.79 Å². The predicted octanol–water partition coefficient (Wildman–Crippen LogP) is 3.60. The Kier molecular flexibility index (Phi) is 5.01. The minimum Gasteiger partial charge on any atom is -0.374 e. The van der Waals surface area contributed by atoms with Crippen molar-refractivity contribution in [2.45, 2.75) is 0 Å². The van der Waals surface area contributed by atoms with Crippen LogP contribution in [0.1, 0.15) is 10.5 Å². The maximum atomic E-state index is 12.4. The number of nitrogens with one attached hydrogen (secondary N) is 1. The van der Waals surface area contributed by atoms with Gasteiger partial charge >= 0.3 is 0 Å². The SMILES string of the molecule is O=C(/C=C/N1CCN(c2ccccc2)CC1)c1cnc(-c2ccccc2)[nH]1. The van der Waals surface area contributed by atoms with Crippen LogP contribution in [-0.4, -0.2) is 46.8 Å². The van der Waals surface area contributed by atoms with Gasteiger partial charge in [-0.25, -0.2) is 4.98 Å². The number of ketones is 1. The minimum atomic E-state index is -0.0600. The highest BCUT2D eigenvalue weighted by Gasteiger charge is 2.15. The molecule has 5 heteroatoms. The van der Waals surface area contributed by atoms with Crippen LogP contribution in [0.4, 0.5) is 5.69 Å². The Bertz CT molecular complexity index is 910. The van der Waals surface area contributed by atoms with Gasteiger partial charge < -0.3 is 14.8 Å². The van der Waals surface area contributed by atoms with Gasteiger partial charge in [0.15, 0.2) is 0 Å². The van der Waals surface area contributed by atoms with E-state index < -0.39 is 0 Å². The molecular weight excluding hydrogens is 336 g/mol. The normalized spacial score (nSPS) is 14.7. The lowest BCUT2D eigenvalue weighted by atomic mass is 10.2. The molecular formula is C22H22N4O. The van der Waals surface area contributed by atoms with E-state index in [-0.39, 0.29) is 5.78 Å². The fourth-order valence-electron chi connectivity index (χ4n) is 3.22. The van der Waals surface area contributed by atoms with Crippen LogP contribution in [0.3, 0.4) is 0 Å². The van der Waals surface area contributed by atoms with Crippen molar-refractivity contribution in [3.8, 4) is 11.4 Å². The molecule has 0 spiro atoms. The van der Waals surface area contributed by atoms with E-state index in [2.05, 4.69) is 44.0 Å². The highest BCUT2D eigenvalue weighted by Crippen LogP contribution is 2.17. The Morgan fingerprint density at radius 1 is 0.926 bits per heavy atom. The summed E-state index contributed by atoms with van der Waals surface area (Å²) in [7, 11) is 0. The van der Waals surface area contributed by atoms with Crippen LogP contribution in [-0.2, 0) is 0 Å². The Hall–Kier alpha value is -3.34. The zero-order valence-electron chi connectivity index (χ0n) is 15.1. The molecule has 136 valence electrons. The number of hydrogen-bond acceptors (Lipinski definition) is 4. The number of para-hydroxylation sites is 1. The fourth-order valence-corrected chi connectivity index (χ4v) is 3.22. The van der Waals surface area contributed by atoms with E-state index in [0.29, 0.717) is 11.5 Å². The van der Waals surface area contributed by atoms with Gasteiger partial charge in [0.1, 0.15) is 11.5 Å². The average molecular weight is 358 g/mol. The molecule has 4 rings (SSSR count). The van der Waals surface area contributed by atoms with Crippen LogP contribution in [0.15, 0.2) is 79.1 Å². The molecule has 1 fully saturated rings. The molecule has 2 heterocycles. The summed E-state index contributed by atoms with van der Waals surface area (Å²) in [6.07, 6.45) is 5.12. The van der Waals surface area contributed by atoms with Crippen LogP contribution >= 0.6 is 0 Å². The molecule has 0 aliphatic carbocycles. The predicted molar refractivity (Wildman–Crippen MR) is 108 cm³/mol. The van der Waals surface area contributed by atoms with E-state index in [1.807, 2.05) is 42.6 Å². The lowest BCUT2D eigenvalue weighted by Crippen LogP contribution is -2.44. The number of hydrogen-bond donors (Lipinski definition) is 1. The third-order valence-corrected chi connectivity index (χ3v) is 4.76. The Morgan fingerprint density at radius 2 is 1.59 bits per heavy atom. The lowest BCUT2D eigenvalue weighted by molar-refractivity contribution is 0.104. The highest BCUT2D eigenvalue weighted by atomic mass is 16.1. The first kappa shape index (κ1) is 17.1. The van der Waals surface area contributed by atoms with Crippen LogP contribution in [0.25, 0.3) is 11.4 Å². The van der Waals surface area contributed by atoms with Crippen molar-refractivity contribution in [3.63, 3.8) is 0 Å². The second kappa shape index (κ2) is 7.91. The number of allylic oxidation sites excluding steroid dienone is 1. The summed E-state index contributed by atoms with van der Waals surface area (Å²) in [6.45, 7) is 3.70. The first-order valence-electron chi connectivity index (χ1n) is 9.16. The first-order valence-corrected chi connectivity index (χ1v) is 9.16. The van der Waals surface area contributed by atoms with Gasteiger partial charge in [0.25, 0.3) is 0 Å². The summed E-state index contributed by atoms with van der Waals surface area (Å²) in [6, 6.07) is 20.2. The molecule has 5 nitrogen and oxygen atoms in total. The number of H-pyrrole nitrogens is 1. The number of carbonyl (C=O) groups excluding carboxylic acids is 1. The van der Waals surface area contributed by atoms with Crippen molar-refractivity contribution >= 4 is 11.5 Å². The van der Waals surface area contributed by atoms with Crippen LogP contribution in [0.2, 0.25) is 0 Å². The van der Waals surface area contributed by atoms with Crippen molar-refractivity contribution in [3.05, 3.63) is 84.8 Å². The van der Waals surface area contributed by atoms with E-state index in [0.717, 1.165) is 31.7 Å². The van der Waals surface area contributed by atoms with Gasteiger partial charge in [-0.1, -0.05) is 48.5 Å². The third kappa shape index (κ3) is 4.08. The van der Waals surface area contributed by atoms with Gasteiger partial charge in [0.2, 0.25) is 5.78 Å². The molecule has 0 atom stereocenters. The standard InChI is InChI=1S/C22H22N4O/c27-21(20-17-23-22(24-20)18-7-3-1-4-8-18)11-12-25-13-15-26(16-14-25)19-9-5-2-6-10-19/h1-12,17H,13-16H2,(H,23,24)/b12-11+. The molecule has 0 saturated carbocycles. The van der Waals surface area contributed by atoms with Gasteiger partial charge in [0, 0.05) is 49.7 Å². The lowest BCUT2D eigenvalue weighted by Gasteiger charge is -2.35. The third-order valence-electron chi connectivity index (χ3n) is 4.76. The topological polar surface area (TPSA) is 52.2 Å². The van der Waals surface area contributed by atoms with Gasteiger partial charge in [-0.2, -0.15) is 0 Å². The smallest absolute Gasteiger partial charge is 0.205 e. The maximum absolute atomic E-state index is 12.4. The molecule has 1 N–H and O–H groups in total. The van der Waals surface area contributed by atoms with Gasteiger partial charge in [-0.15, -0.1) is 0 Å². The molecule has 1 saturated heterocycles. The van der Waals surface area contributed by atoms with E-state index in [1.165, 1.54) is 5.69 Å². The second-order valence-electron chi connectivity index (χ2n) is 6.55. The van der Waals surface area contributed by atoms with E-state index >= 15 is 0 Å². The van der Waals surface area contributed by atoms with E-state index in [9.17, 15) is 4.79 Å². The molecule has 3 aromatic rings. The summed E-state index contributed by atoms with van der Waals surface area (Å²) in [5.41, 5.74) is 2.73. The summed E-state index contributed by atoms with van der Waals surface area (Å²) < 4.78 is 0. The van der Waals surface area contributed by atoms with Crippen molar-refractivity contribution in [1.29, 1.82) is 0 Å². The highest BCUT2D eigenvalue weighted by molar-refractivity contribution is 6.03. The summed E-state index contributed by atoms with van der Waals surface area (Å²) in [4.78, 5) is 24.4. The summed E-state index contributed by atoms with van der Waals surface area (Å²) in [5.74, 6) is 0.652. The molecule has 0 amide bonds. The maximum Gasteiger partial charge on any atom is 0.205 e. The average Bonchev–Trinajstić information content (AvgIpc) is 3.24. The van der Waals surface area contributed by atoms with Crippen LogP contribution < -0.4 is 4.90 Å². The molecule has 1 aliphatic heterocycles. The number of nitrogens with zero attached hydrogens (tertiary/aromatic N) is 3. The second-order valence-corrected chi connectivity index (χ2v) is 6.55. The molecule has 0 radical (unpaired) electrons. The van der Waals surface area contributed by atoms with Crippen molar-refractivity contribution < 1.29 is 4.79 Å². The summed E-state index contributed by atoms with van der Waals surface area (Å²) >= 11 is 0. The molecule has 0 unspecified atom stereocenters. The largest absolute Gasteiger partial charge is 0.374 e. The number of rotatable bonds is 5. The van der Waals surface area contributed by atoms with E-state index in [1.54, 1.807) is 12.3 Å². The van der Waals surface area contributed by atoms with Gasteiger partial charge in [0.05, 0.1) is 6.20 Å². The molecule has 1 aliphatic rings. The number of aromatic nitrogens is 2. The molecule has 2 aromatic carbocycles. The van der Waals surface area contributed by atoms with E-state index in [4.69, 9.17) is 0 Å². The fraction of sp³-hybridized carbons (Fsp3) is 0.182. The number of piperazine rings is 1. The number of aromatic amines is 1. The van der Waals surface area contributed by atoms with Crippen LogP contribution in [0, 0.1) is 0 Å². The molecule has 0 bridgehead atoms. The Morgan fingerprint density at radius 3 is 2.30 bits per heavy atom. The monoisotopic (exact) mass is 358 g/mol. The van der Waals surface area contributed by atoms with Crippen molar-refractivity contribution in [1.82, 2.24) is 14.9 Å². The summed E-state index contributed by atoms with van der Waals surface area (Å²) in [5, 5.41) is 0. The zero-order valence-corrected chi connectivity index (χ0v) is 15.1. The van der Waals surface area contributed by atoms with Crippen molar-refractivity contribution in [2.24, 2.45) is 0 Å². The Balaban J connectivity index is 1.34. The number of anilines is 1.